The molecule has 2 saturated heterocycles. The molecule has 38 heavy (non-hydrogen) atoms. The van der Waals surface area contributed by atoms with Crippen LogP contribution in [0.3, 0.4) is 0 Å². The molecule has 2 aliphatic rings. The molecular formula is C27H37N3O7S. The monoisotopic (exact) mass is 547 g/mol. The van der Waals surface area contributed by atoms with E-state index in [4.69, 9.17) is 4.84 Å². The number of carbonyl (C=O) groups is 2. The molecule has 2 atom stereocenters. The number of aromatic hydroxyl groups is 2. The van der Waals surface area contributed by atoms with E-state index >= 15 is 0 Å². The van der Waals surface area contributed by atoms with Crippen LogP contribution in [0.2, 0.25) is 0 Å². The molecule has 0 bridgehead atoms. The van der Waals surface area contributed by atoms with E-state index in [2.05, 4.69) is 13.8 Å². The minimum atomic E-state index is -3.76. The number of sulfonamides is 1. The number of carbonyl (C=O) groups excluding carboxylic acids is 2. The lowest BCUT2D eigenvalue weighted by Gasteiger charge is -2.25. The lowest BCUT2D eigenvalue weighted by atomic mass is 9.89. The number of amides is 1. The van der Waals surface area contributed by atoms with Crippen LogP contribution >= 0.6 is 0 Å². The van der Waals surface area contributed by atoms with Crippen LogP contribution in [-0.4, -0.2) is 69.6 Å². The Morgan fingerprint density at radius 1 is 0.895 bits per heavy atom. The topological polar surface area (TPSA) is 129 Å². The molecule has 2 unspecified atom stereocenters. The highest BCUT2D eigenvalue weighted by atomic mass is 32.2. The number of fused-ring (bicyclic) bond motifs is 1. The van der Waals surface area contributed by atoms with Gasteiger partial charge in [-0.2, -0.15) is 4.31 Å². The molecule has 10 nitrogen and oxygen atoms in total. The molecular weight excluding hydrogens is 510 g/mol. The normalized spacial score (nSPS) is 20.9. The van der Waals surface area contributed by atoms with E-state index in [1.807, 2.05) is 39.8 Å². The third-order valence-corrected chi connectivity index (χ3v) is 9.41. The maximum Gasteiger partial charge on any atom is 0.333 e. The van der Waals surface area contributed by atoms with Gasteiger partial charge in [-0.15, -0.1) is 4.73 Å². The van der Waals surface area contributed by atoms with Crippen molar-refractivity contribution in [3.63, 3.8) is 0 Å². The molecule has 0 saturated carbocycles. The number of benzene rings is 1. The summed E-state index contributed by atoms with van der Waals surface area (Å²) in [6.45, 7) is 12.8. The van der Waals surface area contributed by atoms with Gasteiger partial charge < -0.3 is 20.0 Å². The van der Waals surface area contributed by atoms with E-state index < -0.39 is 27.8 Å². The fraction of sp³-hybridized carbons (Fsp3) is 0.556. The van der Waals surface area contributed by atoms with Gasteiger partial charge in [0, 0.05) is 31.6 Å². The van der Waals surface area contributed by atoms with E-state index in [0.717, 1.165) is 28.8 Å². The molecule has 1 aromatic carbocycles. The Morgan fingerprint density at radius 3 is 1.84 bits per heavy atom. The van der Waals surface area contributed by atoms with Crippen molar-refractivity contribution in [1.29, 1.82) is 0 Å². The highest BCUT2D eigenvalue weighted by Gasteiger charge is 2.61. The summed E-state index contributed by atoms with van der Waals surface area (Å²) >= 11 is 0. The predicted octanol–water partition coefficient (Wildman–Crippen LogP) is 3.29. The molecule has 0 radical (unpaired) electrons. The Balaban J connectivity index is 1.43. The van der Waals surface area contributed by atoms with Crippen molar-refractivity contribution < 1.29 is 33.1 Å². The summed E-state index contributed by atoms with van der Waals surface area (Å²) in [5, 5.41) is 19.1. The Labute approximate surface area is 223 Å². The van der Waals surface area contributed by atoms with Gasteiger partial charge in [0.05, 0.1) is 23.4 Å². The average molecular weight is 548 g/mol. The van der Waals surface area contributed by atoms with E-state index in [0.29, 0.717) is 9.63 Å². The lowest BCUT2D eigenvalue weighted by molar-refractivity contribution is -0.147. The van der Waals surface area contributed by atoms with Crippen molar-refractivity contribution >= 4 is 21.9 Å². The van der Waals surface area contributed by atoms with Gasteiger partial charge in [0.1, 0.15) is 0 Å². The first-order chi connectivity index (χ1) is 17.7. The Bertz CT molecular complexity index is 1290. The fourth-order valence-corrected chi connectivity index (χ4v) is 7.57. The number of piperazine rings is 1. The van der Waals surface area contributed by atoms with Gasteiger partial charge in [0.25, 0.3) is 0 Å². The molecule has 0 aliphatic carbocycles. The summed E-state index contributed by atoms with van der Waals surface area (Å²) in [4.78, 5) is 31.6. The van der Waals surface area contributed by atoms with E-state index in [1.165, 1.54) is 4.31 Å². The maximum atomic E-state index is 14.0. The third-order valence-electron chi connectivity index (χ3n) is 7.32. The highest BCUT2D eigenvalue weighted by molar-refractivity contribution is 7.89. The molecule has 1 aromatic heterocycles. The SMILES string of the molecule is CC(C)c1cc(C(C)C)c(S(=O)(=O)N2C3CN(C(=O)CCC(=O)On4c(O)ccc4O)CC32)c(C(C)C)c1. The molecule has 2 aromatic rings. The van der Waals surface area contributed by atoms with Crippen LogP contribution in [0.25, 0.3) is 0 Å². The quantitative estimate of drug-likeness (QED) is 0.461. The number of hydrogen-bond acceptors (Lipinski definition) is 7. The minimum absolute atomic E-state index is 0.0314. The van der Waals surface area contributed by atoms with Gasteiger partial charge in [0.2, 0.25) is 27.7 Å². The largest absolute Gasteiger partial charge is 0.492 e. The number of rotatable bonds is 9. The van der Waals surface area contributed by atoms with Gasteiger partial charge in [0.15, 0.2) is 0 Å². The molecule has 4 rings (SSSR count). The fourth-order valence-electron chi connectivity index (χ4n) is 5.10. The van der Waals surface area contributed by atoms with Gasteiger partial charge in [-0.3, -0.25) is 4.79 Å². The van der Waals surface area contributed by atoms with Crippen molar-refractivity contribution in [2.45, 2.75) is 89.1 Å². The second kappa shape index (κ2) is 10.3. The zero-order valence-corrected chi connectivity index (χ0v) is 23.5. The van der Waals surface area contributed by atoms with Crippen LogP contribution in [0.5, 0.6) is 11.8 Å². The van der Waals surface area contributed by atoms with E-state index in [9.17, 15) is 28.2 Å². The van der Waals surface area contributed by atoms with E-state index in [-0.39, 0.29) is 61.7 Å². The summed E-state index contributed by atoms with van der Waals surface area (Å²) in [5.74, 6) is -1.61. The van der Waals surface area contributed by atoms with Gasteiger partial charge in [-0.25, -0.2) is 13.2 Å². The molecule has 1 amide bonds. The Kier molecular flexibility index (Phi) is 7.55. The molecule has 208 valence electrons. The smallest absolute Gasteiger partial charge is 0.333 e. The molecule has 2 N–H and O–H groups in total. The summed E-state index contributed by atoms with van der Waals surface area (Å²) in [6.07, 6.45) is -0.374. The number of aromatic nitrogens is 1. The molecule has 3 heterocycles. The summed E-state index contributed by atoms with van der Waals surface area (Å²) in [6, 6.07) is 5.81. The first-order valence-corrected chi connectivity index (χ1v) is 14.5. The first-order valence-electron chi connectivity index (χ1n) is 13.0. The lowest BCUT2D eigenvalue weighted by Crippen LogP contribution is -2.37. The second-order valence-electron chi connectivity index (χ2n) is 11.1. The van der Waals surface area contributed by atoms with Crippen molar-refractivity contribution in [2.75, 3.05) is 13.1 Å². The molecule has 11 heteroatoms. The average Bonchev–Trinajstić information content (AvgIpc) is 3.21. The maximum absolute atomic E-state index is 14.0. The standard InChI is InChI=1S/C27H37N3O7S/c1-15(2)18-11-19(16(3)4)27(20(12-18)17(5)6)38(35,36)30-21-13-28(14-22(21)30)23(31)9-10-26(34)37-29-24(32)7-8-25(29)33/h7-8,11-12,15-17,21-22,32-33H,9-10,13-14H2,1-6H3. The zero-order valence-electron chi connectivity index (χ0n) is 22.7. The molecule has 2 fully saturated rings. The van der Waals surface area contributed by atoms with Crippen molar-refractivity contribution in [3.8, 4) is 11.8 Å². The van der Waals surface area contributed by atoms with Crippen LogP contribution in [0.4, 0.5) is 0 Å². The van der Waals surface area contributed by atoms with Gasteiger partial charge in [-0.05, 0) is 34.4 Å². The van der Waals surface area contributed by atoms with Crippen LogP contribution in [-0.2, 0) is 19.6 Å². The van der Waals surface area contributed by atoms with Crippen LogP contribution < -0.4 is 4.84 Å². The Morgan fingerprint density at radius 2 is 1.39 bits per heavy atom. The predicted molar refractivity (Wildman–Crippen MR) is 140 cm³/mol. The van der Waals surface area contributed by atoms with Gasteiger partial charge >= 0.3 is 5.97 Å². The van der Waals surface area contributed by atoms with Crippen molar-refractivity contribution in [2.24, 2.45) is 0 Å². The van der Waals surface area contributed by atoms with Crippen LogP contribution in [0.15, 0.2) is 29.2 Å². The summed E-state index contributed by atoms with van der Waals surface area (Å²) < 4.78 is 30.0. The zero-order chi connectivity index (χ0) is 28.1. The van der Waals surface area contributed by atoms with Crippen LogP contribution in [0.1, 0.15) is 88.8 Å². The number of hydrogen-bond donors (Lipinski definition) is 2. The molecule has 0 spiro atoms. The third kappa shape index (κ3) is 5.13. The first kappa shape index (κ1) is 28.0. The highest BCUT2D eigenvalue weighted by Crippen LogP contribution is 2.45. The second-order valence-corrected chi connectivity index (χ2v) is 12.8. The minimum Gasteiger partial charge on any atom is -0.492 e. The van der Waals surface area contributed by atoms with Gasteiger partial charge in [-0.1, -0.05) is 53.7 Å². The summed E-state index contributed by atoms with van der Waals surface area (Å²) in [5.41, 5.74) is 2.78. The van der Waals surface area contributed by atoms with Crippen molar-refractivity contribution in [3.05, 3.63) is 41.0 Å². The molecule has 2 aliphatic heterocycles. The van der Waals surface area contributed by atoms with Crippen LogP contribution in [0, 0.1) is 0 Å². The van der Waals surface area contributed by atoms with Crippen molar-refractivity contribution in [1.82, 2.24) is 13.9 Å². The summed E-state index contributed by atoms with van der Waals surface area (Å²) in [7, 11) is -3.76. The number of likely N-dealkylation sites (tertiary alicyclic amines) is 1. The Hall–Kier alpha value is -3.05. The van der Waals surface area contributed by atoms with E-state index in [1.54, 1.807) is 4.90 Å². The number of nitrogens with zero attached hydrogens (tertiary/aromatic N) is 3.